The second-order valence-electron chi connectivity index (χ2n) is 4.59. The molecule has 0 aliphatic heterocycles. The van der Waals surface area contributed by atoms with Gasteiger partial charge in [-0.05, 0) is 25.7 Å². The van der Waals surface area contributed by atoms with Crippen molar-refractivity contribution in [3.05, 3.63) is 0 Å². The van der Waals surface area contributed by atoms with Crippen LogP contribution in [0.5, 0.6) is 0 Å². The summed E-state index contributed by atoms with van der Waals surface area (Å²) in [4.78, 5) is 0. The van der Waals surface area contributed by atoms with E-state index >= 15 is 0 Å². The monoisotopic (exact) mass is 210 g/mol. The maximum Gasteiger partial charge on any atom is 0.0766 e. The Morgan fingerprint density at radius 1 is 1.40 bits per heavy atom. The lowest BCUT2D eigenvalue weighted by Crippen LogP contribution is -2.44. The van der Waals surface area contributed by atoms with Gasteiger partial charge >= 0.3 is 0 Å². The highest BCUT2D eigenvalue weighted by Gasteiger charge is 2.29. The van der Waals surface area contributed by atoms with Gasteiger partial charge in [0.25, 0.3) is 0 Å². The van der Waals surface area contributed by atoms with E-state index in [1.807, 2.05) is 13.8 Å². The Morgan fingerprint density at radius 2 is 2.07 bits per heavy atom. The SMILES string of the molecule is CCC(O)(CC)CNC1CCCC1C#N. The topological polar surface area (TPSA) is 56.0 Å². The molecule has 86 valence electrons. The molecular weight excluding hydrogens is 188 g/mol. The molecule has 2 N–H and O–H groups in total. The van der Waals surface area contributed by atoms with Crippen molar-refractivity contribution in [3.63, 3.8) is 0 Å². The fraction of sp³-hybridized carbons (Fsp3) is 0.917. The minimum absolute atomic E-state index is 0.142. The average Bonchev–Trinajstić information content (AvgIpc) is 2.73. The second kappa shape index (κ2) is 5.48. The number of hydrogen-bond donors (Lipinski definition) is 2. The minimum atomic E-state index is -0.595. The molecule has 2 atom stereocenters. The van der Waals surface area contributed by atoms with Crippen LogP contribution in [-0.2, 0) is 0 Å². The van der Waals surface area contributed by atoms with Crippen molar-refractivity contribution in [2.75, 3.05) is 6.54 Å². The minimum Gasteiger partial charge on any atom is -0.389 e. The predicted octanol–water partition coefficient (Wildman–Crippen LogP) is 1.82. The first-order valence-corrected chi connectivity index (χ1v) is 6.00. The van der Waals surface area contributed by atoms with Crippen LogP contribution in [0.3, 0.4) is 0 Å². The summed E-state index contributed by atoms with van der Waals surface area (Å²) < 4.78 is 0. The summed E-state index contributed by atoms with van der Waals surface area (Å²) in [7, 11) is 0. The van der Waals surface area contributed by atoms with Gasteiger partial charge in [-0.1, -0.05) is 20.3 Å². The molecule has 0 heterocycles. The molecule has 2 unspecified atom stereocenters. The van der Waals surface area contributed by atoms with Crippen LogP contribution in [0, 0.1) is 17.2 Å². The van der Waals surface area contributed by atoms with E-state index in [4.69, 9.17) is 5.26 Å². The van der Waals surface area contributed by atoms with Crippen LogP contribution in [-0.4, -0.2) is 23.3 Å². The molecule has 0 spiro atoms. The van der Waals surface area contributed by atoms with Crippen LogP contribution in [0.4, 0.5) is 0 Å². The summed E-state index contributed by atoms with van der Waals surface area (Å²) in [6.07, 6.45) is 4.74. The van der Waals surface area contributed by atoms with E-state index in [2.05, 4.69) is 11.4 Å². The maximum absolute atomic E-state index is 10.1. The van der Waals surface area contributed by atoms with E-state index in [-0.39, 0.29) is 5.92 Å². The van der Waals surface area contributed by atoms with Gasteiger partial charge in [-0.3, -0.25) is 0 Å². The zero-order valence-electron chi connectivity index (χ0n) is 9.79. The molecule has 0 saturated heterocycles. The summed E-state index contributed by atoms with van der Waals surface area (Å²) in [5.41, 5.74) is -0.595. The van der Waals surface area contributed by atoms with E-state index in [1.54, 1.807) is 0 Å². The molecule has 1 fully saturated rings. The summed E-state index contributed by atoms with van der Waals surface area (Å²) in [6, 6.07) is 2.63. The number of rotatable bonds is 5. The van der Waals surface area contributed by atoms with Crippen LogP contribution < -0.4 is 5.32 Å². The lowest BCUT2D eigenvalue weighted by molar-refractivity contribution is 0.0293. The third-order valence-corrected chi connectivity index (χ3v) is 3.69. The lowest BCUT2D eigenvalue weighted by Gasteiger charge is -2.28. The standard InChI is InChI=1S/C12H22N2O/c1-3-12(15,4-2)9-14-11-7-5-6-10(11)8-13/h10-11,14-15H,3-7,9H2,1-2H3. The largest absolute Gasteiger partial charge is 0.389 e. The average molecular weight is 210 g/mol. The van der Waals surface area contributed by atoms with Gasteiger partial charge in [0.2, 0.25) is 0 Å². The molecule has 1 saturated carbocycles. The molecule has 0 aromatic carbocycles. The highest BCUT2D eigenvalue weighted by Crippen LogP contribution is 2.25. The van der Waals surface area contributed by atoms with Gasteiger partial charge in [-0.2, -0.15) is 5.26 Å². The summed E-state index contributed by atoms with van der Waals surface area (Å²) in [5.74, 6) is 0.142. The van der Waals surface area contributed by atoms with Crippen molar-refractivity contribution in [3.8, 4) is 6.07 Å². The van der Waals surface area contributed by atoms with Crippen LogP contribution in [0.1, 0.15) is 46.0 Å². The number of hydrogen-bond acceptors (Lipinski definition) is 3. The Morgan fingerprint density at radius 3 is 2.60 bits per heavy atom. The summed E-state index contributed by atoms with van der Waals surface area (Å²) in [6.45, 7) is 4.62. The van der Waals surface area contributed by atoms with Crippen molar-refractivity contribution in [2.45, 2.75) is 57.6 Å². The van der Waals surface area contributed by atoms with Crippen LogP contribution in [0.25, 0.3) is 0 Å². The molecule has 3 heteroatoms. The highest BCUT2D eigenvalue weighted by molar-refractivity contribution is 4.97. The number of nitriles is 1. The highest BCUT2D eigenvalue weighted by atomic mass is 16.3. The van der Waals surface area contributed by atoms with E-state index in [0.717, 1.165) is 32.1 Å². The Kier molecular flexibility index (Phi) is 4.56. The molecular formula is C12H22N2O. The summed E-state index contributed by atoms with van der Waals surface area (Å²) >= 11 is 0. The normalized spacial score (nSPS) is 26.5. The van der Waals surface area contributed by atoms with Crippen molar-refractivity contribution in [1.82, 2.24) is 5.32 Å². The maximum atomic E-state index is 10.1. The van der Waals surface area contributed by atoms with Crippen molar-refractivity contribution in [2.24, 2.45) is 5.92 Å². The molecule has 0 amide bonds. The van der Waals surface area contributed by atoms with E-state index in [1.165, 1.54) is 0 Å². The Balaban J connectivity index is 2.39. The predicted molar refractivity (Wildman–Crippen MR) is 60.3 cm³/mol. The van der Waals surface area contributed by atoms with E-state index in [0.29, 0.717) is 12.6 Å². The quantitative estimate of drug-likeness (QED) is 0.727. The molecule has 1 aliphatic carbocycles. The number of nitrogens with zero attached hydrogens (tertiary/aromatic N) is 1. The van der Waals surface area contributed by atoms with Crippen LogP contribution in [0.2, 0.25) is 0 Å². The molecule has 0 bridgehead atoms. The van der Waals surface area contributed by atoms with Gasteiger partial charge in [-0.25, -0.2) is 0 Å². The van der Waals surface area contributed by atoms with Crippen molar-refractivity contribution in [1.29, 1.82) is 5.26 Å². The van der Waals surface area contributed by atoms with Gasteiger partial charge in [-0.15, -0.1) is 0 Å². The molecule has 3 nitrogen and oxygen atoms in total. The third kappa shape index (κ3) is 3.19. The second-order valence-corrected chi connectivity index (χ2v) is 4.59. The van der Waals surface area contributed by atoms with Crippen LogP contribution >= 0.6 is 0 Å². The molecule has 0 aromatic rings. The van der Waals surface area contributed by atoms with Crippen LogP contribution in [0.15, 0.2) is 0 Å². The number of nitrogens with one attached hydrogen (secondary N) is 1. The van der Waals surface area contributed by atoms with Crippen molar-refractivity contribution < 1.29 is 5.11 Å². The fourth-order valence-electron chi connectivity index (χ4n) is 2.18. The van der Waals surface area contributed by atoms with Crippen molar-refractivity contribution >= 4 is 0 Å². The molecule has 1 rings (SSSR count). The first-order valence-electron chi connectivity index (χ1n) is 6.00. The smallest absolute Gasteiger partial charge is 0.0766 e. The van der Waals surface area contributed by atoms with Gasteiger partial charge in [0.15, 0.2) is 0 Å². The zero-order valence-corrected chi connectivity index (χ0v) is 9.79. The third-order valence-electron chi connectivity index (χ3n) is 3.69. The fourth-order valence-corrected chi connectivity index (χ4v) is 2.18. The Hall–Kier alpha value is -0.590. The van der Waals surface area contributed by atoms with E-state index in [9.17, 15) is 5.11 Å². The molecule has 0 aromatic heterocycles. The zero-order chi connectivity index (χ0) is 11.3. The number of aliphatic hydroxyl groups is 1. The first kappa shape index (κ1) is 12.5. The summed E-state index contributed by atoms with van der Waals surface area (Å²) in [5, 5.41) is 22.4. The Bertz CT molecular complexity index is 230. The first-order chi connectivity index (χ1) is 7.15. The van der Waals surface area contributed by atoms with Gasteiger partial charge in [0.1, 0.15) is 0 Å². The molecule has 15 heavy (non-hydrogen) atoms. The van der Waals surface area contributed by atoms with E-state index < -0.39 is 5.60 Å². The van der Waals surface area contributed by atoms with Gasteiger partial charge in [0, 0.05) is 12.6 Å². The van der Waals surface area contributed by atoms with Gasteiger partial charge < -0.3 is 10.4 Å². The van der Waals surface area contributed by atoms with Gasteiger partial charge in [0.05, 0.1) is 17.6 Å². The molecule has 0 radical (unpaired) electrons. The lowest BCUT2D eigenvalue weighted by atomic mass is 9.96. The Labute approximate surface area is 92.5 Å². The molecule has 1 aliphatic rings.